The third-order valence-electron chi connectivity index (χ3n) is 3.18. The molecule has 1 aromatic heterocycles. The van der Waals surface area contributed by atoms with Crippen molar-refractivity contribution in [3.63, 3.8) is 0 Å². The Labute approximate surface area is 104 Å². The molecule has 1 N–H and O–H groups in total. The van der Waals surface area contributed by atoms with Crippen molar-refractivity contribution in [1.29, 1.82) is 0 Å². The van der Waals surface area contributed by atoms with Crippen LogP contribution in [0.5, 0.6) is 0 Å². The summed E-state index contributed by atoms with van der Waals surface area (Å²) in [5.74, 6) is 2.72. The lowest BCUT2D eigenvalue weighted by Gasteiger charge is -2.09. The SMILES string of the molecule is CC(C)Cn1ncnc1CNCCCC1CC1. The molecule has 0 aliphatic heterocycles. The Bertz CT molecular complexity index is 328. The molecule has 0 amide bonds. The van der Waals surface area contributed by atoms with Gasteiger partial charge in [0.15, 0.2) is 0 Å². The Morgan fingerprint density at radius 3 is 3.00 bits per heavy atom. The van der Waals surface area contributed by atoms with Crippen molar-refractivity contribution in [2.75, 3.05) is 6.54 Å². The fourth-order valence-corrected chi connectivity index (χ4v) is 2.05. The quantitative estimate of drug-likeness (QED) is 0.704. The molecule has 0 radical (unpaired) electrons. The molecular formula is C13H24N4. The van der Waals surface area contributed by atoms with Crippen LogP contribution in [-0.2, 0) is 13.1 Å². The lowest BCUT2D eigenvalue weighted by Crippen LogP contribution is -2.20. The summed E-state index contributed by atoms with van der Waals surface area (Å²) < 4.78 is 2.01. The summed E-state index contributed by atoms with van der Waals surface area (Å²) in [5, 5.41) is 7.72. The van der Waals surface area contributed by atoms with Gasteiger partial charge >= 0.3 is 0 Å². The first-order valence-electron chi connectivity index (χ1n) is 6.83. The van der Waals surface area contributed by atoms with E-state index in [-0.39, 0.29) is 0 Å². The van der Waals surface area contributed by atoms with Gasteiger partial charge in [0.1, 0.15) is 12.2 Å². The van der Waals surface area contributed by atoms with E-state index in [1.54, 1.807) is 6.33 Å². The minimum absolute atomic E-state index is 0.616. The molecule has 17 heavy (non-hydrogen) atoms. The van der Waals surface area contributed by atoms with E-state index < -0.39 is 0 Å². The van der Waals surface area contributed by atoms with Gasteiger partial charge in [0, 0.05) is 6.54 Å². The van der Waals surface area contributed by atoms with Crippen molar-refractivity contribution in [1.82, 2.24) is 20.1 Å². The fraction of sp³-hybridized carbons (Fsp3) is 0.846. The van der Waals surface area contributed by atoms with Gasteiger partial charge < -0.3 is 5.32 Å². The van der Waals surface area contributed by atoms with E-state index in [0.717, 1.165) is 31.4 Å². The van der Waals surface area contributed by atoms with Gasteiger partial charge in [-0.25, -0.2) is 9.67 Å². The van der Waals surface area contributed by atoms with Crippen LogP contribution in [0, 0.1) is 11.8 Å². The molecule has 96 valence electrons. The van der Waals surface area contributed by atoms with Gasteiger partial charge in [0.05, 0.1) is 6.54 Å². The third-order valence-corrected chi connectivity index (χ3v) is 3.18. The predicted molar refractivity (Wildman–Crippen MR) is 68.5 cm³/mol. The highest BCUT2D eigenvalue weighted by molar-refractivity contribution is 4.84. The molecule has 1 fully saturated rings. The molecule has 0 spiro atoms. The van der Waals surface area contributed by atoms with E-state index in [2.05, 4.69) is 29.2 Å². The molecule has 1 saturated carbocycles. The molecule has 0 saturated heterocycles. The first-order chi connectivity index (χ1) is 8.25. The Morgan fingerprint density at radius 1 is 1.47 bits per heavy atom. The van der Waals surface area contributed by atoms with E-state index in [9.17, 15) is 0 Å². The highest BCUT2D eigenvalue weighted by Gasteiger charge is 2.19. The number of nitrogens with one attached hydrogen (secondary N) is 1. The van der Waals surface area contributed by atoms with Crippen molar-refractivity contribution in [2.45, 2.75) is 52.6 Å². The van der Waals surface area contributed by atoms with Crippen LogP contribution < -0.4 is 5.32 Å². The van der Waals surface area contributed by atoms with Crippen molar-refractivity contribution < 1.29 is 0 Å². The number of hydrogen-bond donors (Lipinski definition) is 1. The maximum absolute atomic E-state index is 4.30. The molecule has 2 rings (SSSR count). The zero-order chi connectivity index (χ0) is 12.1. The number of nitrogens with zero attached hydrogens (tertiary/aromatic N) is 3. The number of rotatable bonds is 8. The zero-order valence-corrected chi connectivity index (χ0v) is 11.0. The summed E-state index contributed by atoms with van der Waals surface area (Å²) in [7, 11) is 0. The van der Waals surface area contributed by atoms with Gasteiger partial charge in [-0.1, -0.05) is 26.7 Å². The molecule has 4 heteroatoms. The van der Waals surface area contributed by atoms with Gasteiger partial charge in [0.25, 0.3) is 0 Å². The van der Waals surface area contributed by atoms with Gasteiger partial charge in [-0.15, -0.1) is 0 Å². The lowest BCUT2D eigenvalue weighted by molar-refractivity contribution is 0.456. The average molecular weight is 236 g/mol. The Balaban J connectivity index is 1.64. The van der Waals surface area contributed by atoms with E-state index in [4.69, 9.17) is 0 Å². The van der Waals surface area contributed by atoms with Crippen LogP contribution in [0.2, 0.25) is 0 Å². The largest absolute Gasteiger partial charge is 0.310 e. The highest BCUT2D eigenvalue weighted by Crippen LogP contribution is 2.33. The summed E-state index contributed by atoms with van der Waals surface area (Å²) in [4.78, 5) is 4.30. The molecule has 1 aromatic rings. The van der Waals surface area contributed by atoms with Gasteiger partial charge in [0.2, 0.25) is 0 Å². The third kappa shape index (κ3) is 4.46. The Hall–Kier alpha value is -0.900. The van der Waals surface area contributed by atoms with Crippen molar-refractivity contribution in [2.24, 2.45) is 11.8 Å². The van der Waals surface area contributed by atoms with E-state index in [1.165, 1.54) is 25.7 Å². The van der Waals surface area contributed by atoms with Gasteiger partial charge in [-0.3, -0.25) is 0 Å². The number of hydrogen-bond acceptors (Lipinski definition) is 3. The molecule has 0 unspecified atom stereocenters. The van der Waals surface area contributed by atoms with Crippen LogP contribution in [0.3, 0.4) is 0 Å². The maximum Gasteiger partial charge on any atom is 0.140 e. The van der Waals surface area contributed by atoms with Crippen LogP contribution in [-0.4, -0.2) is 21.3 Å². The van der Waals surface area contributed by atoms with E-state index in [1.807, 2.05) is 4.68 Å². The fourth-order valence-electron chi connectivity index (χ4n) is 2.05. The maximum atomic E-state index is 4.30. The number of aromatic nitrogens is 3. The molecule has 1 aliphatic carbocycles. The van der Waals surface area contributed by atoms with Crippen molar-refractivity contribution in [3.05, 3.63) is 12.2 Å². The molecule has 0 bridgehead atoms. The highest BCUT2D eigenvalue weighted by atomic mass is 15.3. The smallest absolute Gasteiger partial charge is 0.140 e. The van der Waals surface area contributed by atoms with Crippen LogP contribution in [0.15, 0.2) is 6.33 Å². The molecule has 0 aromatic carbocycles. The molecule has 1 aliphatic rings. The summed E-state index contributed by atoms with van der Waals surface area (Å²) in [5.41, 5.74) is 0. The summed E-state index contributed by atoms with van der Waals surface area (Å²) >= 11 is 0. The first-order valence-corrected chi connectivity index (χ1v) is 6.83. The Morgan fingerprint density at radius 2 is 2.29 bits per heavy atom. The van der Waals surface area contributed by atoms with Crippen LogP contribution >= 0.6 is 0 Å². The molecular weight excluding hydrogens is 212 g/mol. The van der Waals surface area contributed by atoms with Gasteiger partial charge in [-0.2, -0.15) is 5.10 Å². The second-order valence-corrected chi connectivity index (χ2v) is 5.51. The minimum Gasteiger partial charge on any atom is -0.310 e. The predicted octanol–water partition coefficient (Wildman–Crippen LogP) is 2.21. The second kappa shape index (κ2) is 6.15. The van der Waals surface area contributed by atoms with Crippen molar-refractivity contribution >= 4 is 0 Å². The summed E-state index contributed by atoms with van der Waals surface area (Å²) in [6.45, 7) is 7.31. The van der Waals surface area contributed by atoms with Crippen LogP contribution in [0.25, 0.3) is 0 Å². The van der Waals surface area contributed by atoms with Crippen LogP contribution in [0.4, 0.5) is 0 Å². The molecule has 0 atom stereocenters. The first kappa shape index (κ1) is 12.6. The zero-order valence-electron chi connectivity index (χ0n) is 11.0. The molecule has 1 heterocycles. The van der Waals surface area contributed by atoms with E-state index >= 15 is 0 Å². The average Bonchev–Trinajstić information content (AvgIpc) is 3.00. The standard InChI is InChI=1S/C13H24N4/c1-11(2)9-17-13(15-10-16-17)8-14-7-3-4-12-5-6-12/h10-12,14H,3-9H2,1-2H3. The lowest BCUT2D eigenvalue weighted by atomic mass is 10.2. The van der Waals surface area contributed by atoms with Gasteiger partial charge in [-0.05, 0) is 31.2 Å². The van der Waals surface area contributed by atoms with Crippen molar-refractivity contribution in [3.8, 4) is 0 Å². The topological polar surface area (TPSA) is 42.7 Å². The molecule has 4 nitrogen and oxygen atoms in total. The second-order valence-electron chi connectivity index (χ2n) is 5.51. The Kier molecular flexibility index (Phi) is 4.54. The van der Waals surface area contributed by atoms with E-state index in [0.29, 0.717) is 5.92 Å². The minimum atomic E-state index is 0.616. The normalized spacial score (nSPS) is 15.7. The summed E-state index contributed by atoms with van der Waals surface area (Å²) in [6.07, 6.45) is 7.27. The van der Waals surface area contributed by atoms with Crippen LogP contribution in [0.1, 0.15) is 45.4 Å². The monoisotopic (exact) mass is 236 g/mol. The summed E-state index contributed by atoms with van der Waals surface area (Å²) in [6, 6.07) is 0.